The number of hydrogen-bond donors (Lipinski definition) is 0. The van der Waals surface area contributed by atoms with Crippen molar-refractivity contribution < 1.29 is 14.2 Å². The van der Waals surface area contributed by atoms with Gasteiger partial charge in [-0.25, -0.2) is 0 Å². The van der Waals surface area contributed by atoms with Gasteiger partial charge in [-0.1, -0.05) is 12.1 Å². The van der Waals surface area contributed by atoms with E-state index in [0.29, 0.717) is 19.4 Å². The molecule has 1 atom stereocenters. The summed E-state index contributed by atoms with van der Waals surface area (Å²) in [4.78, 5) is 2.31. The van der Waals surface area contributed by atoms with Gasteiger partial charge >= 0.3 is 0 Å². The standard InChI is InChI=1S/C16H25NO3/c1-13(2)17-10-16(20-12-17)11-19-15-6-4-14(5-7-15)8-9-18-3/h4-7,13,16H,8-12H2,1-3H3. The van der Waals surface area contributed by atoms with Gasteiger partial charge in [0.2, 0.25) is 0 Å². The van der Waals surface area contributed by atoms with E-state index in [2.05, 4.69) is 30.9 Å². The molecular formula is C16H25NO3. The van der Waals surface area contributed by atoms with E-state index < -0.39 is 0 Å². The summed E-state index contributed by atoms with van der Waals surface area (Å²) in [7, 11) is 1.72. The van der Waals surface area contributed by atoms with Crippen molar-refractivity contribution in [2.45, 2.75) is 32.4 Å². The van der Waals surface area contributed by atoms with Crippen LogP contribution in [-0.4, -0.2) is 50.6 Å². The molecule has 1 aromatic carbocycles. The zero-order valence-electron chi connectivity index (χ0n) is 12.7. The highest BCUT2D eigenvalue weighted by molar-refractivity contribution is 5.27. The fourth-order valence-corrected chi connectivity index (χ4v) is 2.19. The Morgan fingerprint density at radius 3 is 2.65 bits per heavy atom. The van der Waals surface area contributed by atoms with E-state index in [9.17, 15) is 0 Å². The van der Waals surface area contributed by atoms with Gasteiger partial charge in [0.05, 0.1) is 13.3 Å². The fraction of sp³-hybridized carbons (Fsp3) is 0.625. The Morgan fingerprint density at radius 2 is 2.05 bits per heavy atom. The summed E-state index contributed by atoms with van der Waals surface area (Å²) in [6, 6.07) is 8.73. The second-order valence-corrected chi connectivity index (χ2v) is 5.48. The zero-order valence-corrected chi connectivity index (χ0v) is 12.7. The molecule has 0 N–H and O–H groups in total. The number of hydrogen-bond acceptors (Lipinski definition) is 4. The van der Waals surface area contributed by atoms with Crippen LogP contribution in [0.25, 0.3) is 0 Å². The smallest absolute Gasteiger partial charge is 0.119 e. The Labute approximate surface area is 121 Å². The molecule has 1 aliphatic heterocycles. The first-order valence-corrected chi connectivity index (χ1v) is 7.25. The van der Waals surface area contributed by atoms with Crippen LogP contribution in [0.1, 0.15) is 19.4 Å². The van der Waals surface area contributed by atoms with Crippen LogP contribution in [0.4, 0.5) is 0 Å². The van der Waals surface area contributed by atoms with E-state index in [1.165, 1.54) is 5.56 Å². The van der Waals surface area contributed by atoms with E-state index in [-0.39, 0.29) is 6.10 Å². The topological polar surface area (TPSA) is 30.9 Å². The Kier molecular flexibility index (Phi) is 5.83. The van der Waals surface area contributed by atoms with Crippen molar-refractivity contribution in [3.63, 3.8) is 0 Å². The quantitative estimate of drug-likeness (QED) is 0.766. The maximum Gasteiger partial charge on any atom is 0.119 e. The number of benzene rings is 1. The minimum Gasteiger partial charge on any atom is -0.491 e. The average Bonchev–Trinajstić information content (AvgIpc) is 2.93. The van der Waals surface area contributed by atoms with Crippen LogP contribution in [-0.2, 0) is 15.9 Å². The molecular weight excluding hydrogens is 254 g/mol. The minimum absolute atomic E-state index is 0.172. The SMILES string of the molecule is COCCc1ccc(OCC2CN(C(C)C)CO2)cc1. The van der Waals surface area contributed by atoms with Gasteiger partial charge in [0.25, 0.3) is 0 Å². The lowest BCUT2D eigenvalue weighted by molar-refractivity contribution is 0.0551. The third kappa shape index (κ3) is 4.47. The normalized spacial score (nSPS) is 19.7. The molecule has 0 aliphatic carbocycles. The molecule has 0 bridgehead atoms. The molecule has 1 aliphatic rings. The lowest BCUT2D eigenvalue weighted by Crippen LogP contribution is -2.30. The van der Waals surface area contributed by atoms with Gasteiger partial charge in [-0.05, 0) is 38.0 Å². The summed E-state index contributed by atoms with van der Waals surface area (Å²) in [6.45, 7) is 7.39. The van der Waals surface area contributed by atoms with Crippen molar-refractivity contribution in [3.05, 3.63) is 29.8 Å². The summed E-state index contributed by atoms with van der Waals surface area (Å²) in [5, 5.41) is 0. The first-order chi connectivity index (χ1) is 9.69. The average molecular weight is 279 g/mol. The van der Waals surface area contributed by atoms with E-state index in [0.717, 1.165) is 25.3 Å². The maximum absolute atomic E-state index is 5.79. The summed E-state index contributed by atoms with van der Waals surface area (Å²) < 4.78 is 16.6. The first kappa shape index (κ1) is 15.3. The Bertz CT molecular complexity index is 391. The van der Waals surface area contributed by atoms with Gasteiger partial charge in [-0.15, -0.1) is 0 Å². The van der Waals surface area contributed by atoms with Crippen LogP contribution < -0.4 is 4.74 Å². The molecule has 2 rings (SSSR count). The lowest BCUT2D eigenvalue weighted by Gasteiger charge is -2.17. The second-order valence-electron chi connectivity index (χ2n) is 5.48. The monoisotopic (exact) mass is 279 g/mol. The zero-order chi connectivity index (χ0) is 14.4. The number of rotatable bonds is 7. The van der Waals surface area contributed by atoms with Gasteiger partial charge in [0.15, 0.2) is 0 Å². The third-order valence-corrected chi connectivity index (χ3v) is 3.60. The van der Waals surface area contributed by atoms with Crippen molar-refractivity contribution in [2.24, 2.45) is 0 Å². The van der Waals surface area contributed by atoms with E-state index in [1.54, 1.807) is 7.11 Å². The summed E-state index contributed by atoms with van der Waals surface area (Å²) >= 11 is 0. The van der Waals surface area contributed by atoms with Crippen LogP contribution in [0.15, 0.2) is 24.3 Å². The molecule has 1 saturated heterocycles. The van der Waals surface area contributed by atoms with Crippen LogP contribution in [0.3, 0.4) is 0 Å². The van der Waals surface area contributed by atoms with Crippen LogP contribution in [0.5, 0.6) is 5.75 Å². The Balaban J connectivity index is 1.74. The van der Waals surface area contributed by atoms with E-state index >= 15 is 0 Å². The van der Waals surface area contributed by atoms with Gasteiger partial charge in [-0.3, -0.25) is 4.90 Å². The van der Waals surface area contributed by atoms with Crippen molar-refractivity contribution in [1.29, 1.82) is 0 Å². The highest BCUT2D eigenvalue weighted by atomic mass is 16.5. The number of nitrogens with zero attached hydrogens (tertiary/aromatic N) is 1. The first-order valence-electron chi connectivity index (χ1n) is 7.25. The van der Waals surface area contributed by atoms with Crippen molar-refractivity contribution in [3.8, 4) is 5.75 Å². The molecule has 4 nitrogen and oxygen atoms in total. The minimum atomic E-state index is 0.172. The van der Waals surface area contributed by atoms with Crippen LogP contribution in [0.2, 0.25) is 0 Å². The molecule has 1 fully saturated rings. The summed E-state index contributed by atoms with van der Waals surface area (Å²) in [6.07, 6.45) is 1.11. The highest BCUT2D eigenvalue weighted by Gasteiger charge is 2.25. The molecule has 0 saturated carbocycles. The number of methoxy groups -OCH3 is 1. The van der Waals surface area contributed by atoms with E-state index in [4.69, 9.17) is 14.2 Å². The van der Waals surface area contributed by atoms with Crippen molar-refractivity contribution >= 4 is 0 Å². The molecule has 1 heterocycles. The van der Waals surface area contributed by atoms with Gasteiger partial charge in [0, 0.05) is 19.7 Å². The molecule has 20 heavy (non-hydrogen) atoms. The maximum atomic E-state index is 5.79. The number of ether oxygens (including phenoxy) is 3. The van der Waals surface area contributed by atoms with Crippen LogP contribution >= 0.6 is 0 Å². The lowest BCUT2D eigenvalue weighted by atomic mass is 10.1. The molecule has 0 radical (unpaired) electrons. The molecule has 1 aromatic rings. The Morgan fingerprint density at radius 1 is 1.30 bits per heavy atom. The van der Waals surface area contributed by atoms with Gasteiger partial charge in [0.1, 0.15) is 18.5 Å². The highest BCUT2D eigenvalue weighted by Crippen LogP contribution is 2.16. The predicted octanol–water partition coefficient (Wildman–Crippen LogP) is 2.32. The van der Waals surface area contributed by atoms with Crippen molar-refractivity contribution in [2.75, 3.05) is 33.6 Å². The molecule has 0 spiro atoms. The third-order valence-electron chi connectivity index (χ3n) is 3.60. The van der Waals surface area contributed by atoms with E-state index in [1.807, 2.05) is 12.1 Å². The van der Waals surface area contributed by atoms with Gasteiger partial charge in [-0.2, -0.15) is 0 Å². The Hall–Kier alpha value is -1.10. The molecule has 1 unspecified atom stereocenters. The molecule has 112 valence electrons. The molecule has 0 aromatic heterocycles. The predicted molar refractivity (Wildman–Crippen MR) is 79.1 cm³/mol. The van der Waals surface area contributed by atoms with Crippen molar-refractivity contribution in [1.82, 2.24) is 4.90 Å². The molecule has 0 amide bonds. The van der Waals surface area contributed by atoms with Crippen LogP contribution in [0, 0.1) is 0 Å². The fourth-order valence-electron chi connectivity index (χ4n) is 2.19. The summed E-state index contributed by atoms with van der Waals surface area (Å²) in [5.74, 6) is 0.901. The van der Waals surface area contributed by atoms with Gasteiger partial charge < -0.3 is 14.2 Å². The summed E-state index contributed by atoms with van der Waals surface area (Å²) in [5.41, 5.74) is 1.27. The molecule has 4 heteroatoms. The largest absolute Gasteiger partial charge is 0.491 e. The second kappa shape index (κ2) is 7.62.